The van der Waals surface area contributed by atoms with E-state index in [-0.39, 0.29) is 17.6 Å². The van der Waals surface area contributed by atoms with Crippen LogP contribution in [0.4, 0.5) is 0 Å². The molecule has 0 N–H and O–H groups in total. The summed E-state index contributed by atoms with van der Waals surface area (Å²) >= 11 is 14.6. The number of hydrogen-bond donors (Lipinski definition) is 0. The highest BCUT2D eigenvalue weighted by atomic mass is 32.2. The van der Waals surface area contributed by atoms with Crippen molar-refractivity contribution in [2.24, 2.45) is 5.92 Å². The summed E-state index contributed by atoms with van der Waals surface area (Å²) in [5.41, 5.74) is 0. The van der Waals surface area contributed by atoms with E-state index in [1.54, 1.807) is 4.90 Å². The summed E-state index contributed by atoms with van der Waals surface area (Å²) < 4.78 is 1.33. The summed E-state index contributed by atoms with van der Waals surface area (Å²) in [4.78, 5) is 29.2. The normalized spacial score (nSPS) is 24.9. The lowest BCUT2D eigenvalue weighted by Gasteiger charge is -2.09. The Morgan fingerprint density at radius 1 is 1.12 bits per heavy atom. The second-order valence-corrected chi connectivity index (χ2v) is 9.79. The molecule has 0 aliphatic carbocycles. The van der Waals surface area contributed by atoms with Crippen molar-refractivity contribution in [1.29, 1.82) is 0 Å². The van der Waals surface area contributed by atoms with Gasteiger partial charge in [-0.25, -0.2) is 0 Å². The minimum atomic E-state index is -0.189. The number of carbonyl (C=O) groups excluding carboxylic acids is 2. The smallest absolute Gasteiger partial charge is 0.266 e. The number of ketones is 1. The zero-order chi connectivity index (χ0) is 17.4. The fourth-order valence-electron chi connectivity index (χ4n) is 2.22. The largest absolute Gasteiger partial charge is 0.293 e. The van der Waals surface area contributed by atoms with Crippen LogP contribution in [0.1, 0.15) is 23.6 Å². The van der Waals surface area contributed by atoms with Gasteiger partial charge in [0, 0.05) is 16.3 Å². The molecule has 1 atom stereocenters. The molecule has 2 saturated heterocycles. The predicted molar refractivity (Wildman–Crippen MR) is 112 cm³/mol. The van der Waals surface area contributed by atoms with E-state index in [9.17, 15) is 9.59 Å². The van der Waals surface area contributed by atoms with Crippen molar-refractivity contribution in [2.45, 2.75) is 13.8 Å². The van der Waals surface area contributed by atoms with Crippen LogP contribution in [0, 0.1) is 5.92 Å². The van der Waals surface area contributed by atoms with E-state index in [1.165, 1.54) is 34.9 Å². The van der Waals surface area contributed by atoms with Crippen molar-refractivity contribution in [3.8, 4) is 0 Å². The molecule has 124 valence electrons. The molecule has 2 fully saturated rings. The molecule has 1 unspecified atom stereocenters. The number of carbonyl (C=O) groups is 2. The molecule has 0 radical (unpaired) electrons. The number of hydrogen-bond acceptors (Lipinski definition) is 7. The Morgan fingerprint density at radius 2 is 1.75 bits per heavy atom. The molecule has 0 saturated carbocycles. The highest BCUT2D eigenvalue weighted by molar-refractivity contribution is 8.27. The van der Waals surface area contributed by atoms with Gasteiger partial charge in [-0.2, -0.15) is 0 Å². The molecule has 0 spiro atoms. The van der Waals surface area contributed by atoms with Crippen LogP contribution in [0.15, 0.2) is 21.9 Å². The van der Waals surface area contributed by atoms with Crippen LogP contribution in [-0.2, 0) is 9.59 Å². The summed E-state index contributed by atoms with van der Waals surface area (Å²) in [6.07, 6.45) is 3.74. The first-order valence-electron chi connectivity index (χ1n) is 7.23. The number of thiophene rings is 1. The molecular weight excluding hydrogens is 399 g/mol. The van der Waals surface area contributed by atoms with E-state index in [1.807, 2.05) is 38.1 Å². The van der Waals surface area contributed by atoms with Crippen LogP contribution in [0.25, 0.3) is 12.2 Å². The first-order chi connectivity index (χ1) is 11.4. The van der Waals surface area contributed by atoms with Gasteiger partial charge in [0.1, 0.15) is 4.32 Å². The molecule has 3 heterocycles. The molecule has 24 heavy (non-hydrogen) atoms. The molecule has 3 rings (SSSR count). The molecule has 2 aliphatic heterocycles. The standard InChI is InChI=1S/C16H13NO2S5/c1-3-17-14(19)12(24-16(17)21)7-10-5-4-9(22-10)6-11-13(18)8(2)15(20)23-11/h4-8H,3H2,1-2H3/b11-6-,12-7-. The summed E-state index contributed by atoms with van der Waals surface area (Å²) in [5.74, 6) is -0.142. The van der Waals surface area contributed by atoms with Crippen LogP contribution in [0.5, 0.6) is 0 Å². The van der Waals surface area contributed by atoms with Gasteiger partial charge in [-0.1, -0.05) is 48.0 Å². The predicted octanol–water partition coefficient (Wildman–Crippen LogP) is 4.59. The third kappa shape index (κ3) is 3.43. The first-order valence-corrected chi connectivity index (χ1v) is 10.5. The monoisotopic (exact) mass is 411 g/mol. The fraction of sp³-hybridized carbons (Fsp3) is 0.250. The van der Waals surface area contributed by atoms with Crippen LogP contribution in [0.2, 0.25) is 0 Å². The molecule has 1 amide bonds. The highest BCUT2D eigenvalue weighted by Gasteiger charge is 2.32. The van der Waals surface area contributed by atoms with E-state index in [4.69, 9.17) is 24.4 Å². The average molecular weight is 412 g/mol. The van der Waals surface area contributed by atoms with Crippen molar-refractivity contribution in [3.05, 3.63) is 31.7 Å². The number of allylic oxidation sites excluding steroid dienone is 1. The summed E-state index contributed by atoms with van der Waals surface area (Å²) in [5, 5.41) is 0. The molecule has 8 heteroatoms. The molecule has 0 aromatic carbocycles. The van der Waals surface area contributed by atoms with Crippen LogP contribution < -0.4 is 0 Å². The Hall–Kier alpha value is -0.800. The third-order valence-corrected chi connectivity index (χ3v) is 7.64. The quantitative estimate of drug-likeness (QED) is 0.535. The van der Waals surface area contributed by atoms with Gasteiger partial charge in [-0.15, -0.1) is 11.3 Å². The van der Waals surface area contributed by atoms with E-state index < -0.39 is 0 Å². The van der Waals surface area contributed by atoms with Gasteiger partial charge in [0.25, 0.3) is 5.91 Å². The second kappa shape index (κ2) is 7.21. The van der Waals surface area contributed by atoms with Crippen LogP contribution in [-0.4, -0.2) is 31.7 Å². The molecule has 2 aliphatic rings. The Kier molecular flexibility index (Phi) is 5.41. The van der Waals surface area contributed by atoms with Gasteiger partial charge in [-0.3, -0.25) is 14.5 Å². The third-order valence-electron chi connectivity index (χ3n) is 3.58. The van der Waals surface area contributed by atoms with Crippen molar-refractivity contribution in [3.63, 3.8) is 0 Å². The Bertz CT molecular complexity index is 820. The molecule has 0 bridgehead atoms. The van der Waals surface area contributed by atoms with E-state index >= 15 is 0 Å². The number of Topliss-reactive ketones (excluding diaryl/α,β-unsaturated/α-hetero) is 1. The summed E-state index contributed by atoms with van der Waals surface area (Å²) in [6.45, 7) is 4.33. The lowest BCUT2D eigenvalue weighted by Crippen LogP contribution is -2.27. The van der Waals surface area contributed by atoms with Crippen LogP contribution >= 0.6 is 59.3 Å². The topological polar surface area (TPSA) is 37.4 Å². The van der Waals surface area contributed by atoms with Crippen molar-refractivity contribution in [1.82, 2.24) is 4.90 Å². The molecule has 1 aromatic heterocycles. The van der Waals surface area contributed by atoms with Gasteiger partial charge in [-0.05, 0) is 38.1 Å². The first kappa shape index (κ1) is 18.0. The number of amides is 1. The maximum atomic E-state index is 12.2. The SMILES string of the molecule is CCN1C(=O)/C(=C/c2ccc(/C=C3\SC(=S)C(C)C3=O)s2)SC1=S. The maximum Gasteiger partial charge on any atom is 0.266 e. The van der Waals surface area contributed by atoms with Crippen molar-refractivity contribution >= 4 is 91.7 Å². The Labute approximate surface area is 163 Å². The minimum absolute atomic E-state index is 0.0403. The van der Waals surface area contributed by atoms with Crippen molar-refractivity contribution in [2.75, 3.05) is 6.54 Å². The minimum Gasteiger partial charge on any atom is -0.293 e. The Morgan fingerprint density at radius 3 is 2.25 bits per heavy atom. The average Bonchev–Trinajstić information content (AvgIpc) is 3.16. The zero-order valence-electron chi connectivity index (χ0n) is 12.9. The van der Waals surface area contributed by atoms with Gasteiger partial charge in [0.15, 0.2) is 5.78 Å². The number of thioether (sulfide) groups is 2. The van der Waals surface area contributed by atoms with E-state index in [2.05, 4.69) is 0 Å². The summed E-state index contributed by atoms with van der Waals surface area (Å²) in [6, 6.07) is 3.89. The summed E-state index contributed by atoms with van der Waals surface area (Å²) in [7, 11) is 0. The van der Waals surface area contributed by atoms with Gasteiger partial charge in [0.2, 0.25) is 0 Å². The maximum absolute atomic E-state index is 12.2. The molecule has 3 nitrogen and oxygen atoms in total. The fourth-order valence-corrected chi connectivity index (χ4v) is 5.99. The number of rotatable bonds is 3. The lowest BCUT2D eigenvalue weighted by molar-refractivity contribution is -0.122. The van der Waals surface area contributed by atoms with Crippen LogP contribution in [0.3, 0.4) is 0 Å². The van der Waals surface area contributed by atoms with Gasteiger partial charge >= 0.3 is 0 Å². The lowest BCUT2D eigenvalue weighted by atomic mass is 10.1. The number of thiocarbonyl (C=S) groups is 2. The molecule has 1 aromatic rings. The van der Waals surface area contributed by atoms with E-state index in [0.717, 1.165) is 14.0 Å². The molecular formula is C16H13NO2S5. The number of nitrogens with zero attached hydrogens (tertiary/aromatic N) is 1. The second-order valence-electron chi connectivity index (χ2n) is 5.18. The van der Waals surface area contributed by atoms with Gasteiger partial charge in [0.05, 0.1) is 19.9 Å². The number of likely N-dealkylation sites (N-methyl/N-ethyl adjacent to an activating group) is 1. The highest BCUT2D eigenvalue weighted by Crippen LogP contribution is 2.37. The zero-order valence-corrected chi connectivity index (χ0v) is 17.0. The Balaban J connectivity index is 1.81. The van der Waals surface area contributed by atoms with Gasteiger partial charge < -0.3 is 0 Å². The van der Waals surface area contributed by atoms with Crippen molar-refractivity contribution < 1.29 is 9.59 Å². The van der Waals surface area contributed by atoms with E-state index in [0.29, 0.717) is 20.7 Å².